The minimum Gasteiger partial charge on any atom is -0.309 e. The highest BCUT2D eigenvalue weighted by atomic mass is 79.9. The van der Waals surface area contributed by atoms with Crippen molar-refractivity contribution < 1.29 is 13.2 Å². The number of hydrogen-bond donors (Lipinski definition) is 1. The van der Waals surface area contributed by atoms with Gasteiger partial charge in [0.2, 0.25) is 0 Å². The summed E-state index contributed by atoms with van der Waals surface area (Å²) in [5.41, 5.74) is 0. The second-order valence-electron chi connectivity index (χ2n) is 4.66. The van der Waals surface area contributed by atoms with E-state index in [1.807, 2.05) is 11.4 Å². The van der Waals surface area contributed by atoms with Gasteiger partial charge in [-0.2, -0.15) is 13.2 Å². The summed E-state index contributed by atoms with van der Waals surface area (Å²) in [6.45, 7) is 0.736. The molecule has 1 N–H and O–H groups in total. The van der Waals surface area contributed by atoms with Gasteiger partial charge in [-0.25, -0.2) is 0 Å². The maximum Gasteiger partial charge on any atom is 0.391 e. The molecule has 102 valence electrons. The smallest absolute Gasteiger partial charge is 0.309 e. The normalized spacial score (nSPS) is 25.3. The highest BCUT2D eigenvalue weighted by molar-refractivity contribution is 9.10. The van der Waals surface area contributed by atoms with Crippen LogP contribution in [0.1, 0.15) is 30.6 Å². The maximum absolute atomic E-state index is 12.5. The fourth-order valence-corrected chi connectivity index (χ4v) is 3.76. The van der Waals surface area contributed by atoms with Crippen molar-refractivity contribution in [2.24, 2.45) is 5.92 Å². The molecule has 1 aromatic heterocycles. The first kappa shape index (κ1) is 14.3. The zero-order valence-corrected chi connectivity index (χ0v) is 12.2. The predicted octanol–water partition coefficient (Wildman–Crippen LogP) is 4.72. The summed E-state index contributed by atoms with van der Waals surface area (Å²) < 4.78 is 38.6. The molecule has 18 heavy (non-hydrogen) atoms. The molecule has 1 aliphatic carbocycles. The Balaban J connectivity index is 1.76. The van der Waals surface area contributed by atoms with Crippen LogP contribution in [-0.2, 0) is 6.54 Å². The molecular weight excluding hydrogens is 327 g/mol. The standard InChI is InChI=1S/C12H15BrF3NS/c13-10-5-6-18-11(10)7-17-9-3-1-8(2-4-9)12(14,15)16/h5-6,8-9,17H,1-4,7H2. The van der Waals surface area contributed by atoms with Gasteiger partial charge in [0.25, 0.3) is 0 Å². The minimum atomic E-state index is -4.01. The number of hydrogen-bond acceptors (Lipinski definition) is 2. The van der Waals surface area contributed by atoms with Gasteiger partial charge in [-0.1, -0.05) is 0 Å². The van der Waals surface area contributed by atoms with Crippen LogP contribution in [0.5, 0.6) is 0 Å². The molecule has 1 fully saturated rings. The van der Waals surface area contributed by atoms with E-state index >= 15 is 0 Å². The molecule has 0 spiro atoms. The molecule has 2 rings (SSSR count). The third-order valence-electron chi connectivity index (χ3n) is 3.43. The zero-order valence-electron chi connectivity index (χ0n) is 9.77. The molecule has 1 nitrogen and oxygen atoms in total. The van der Waals surface area contributed by atoms with E-state index in [9.17, 15) is 13.2 Å². The van der Waals surface area contributed by atoms with Crippen molar-refractivity contribution >= 4 is 27.3 Å². The summed E-state index contributed by atoms with van der Waals surface area (Å²) in [6.07, 6.45) is -2.26. The van der Waals surface area contributed by atoms with E-state index in [0.717, 1.165) is 11.0 Å². The first-order chi connectivity index (χ1) is 8.47. The van der Waals surface area contributed by atoms with Gasteiger partial charge in [-0.3, -0.25) is 0 Å². The van der Waals surface area contributed by atoms with Crippen molar-refractivity contribution in [2.75, 3.05) is 0 Å². The van der Waals surface area contributed by atoms with Gasteiger partial charge in [0, 0.05) is 21.9 Å². The molecule has 0 unspecified atom stereocenters. The van der Waals surface area contributed by atoms with Crippen LogP contribution in [0.25, 0.3) is 0 Å². The lowest BCUT2D eigenvalue weighted by molar-refractivity contribution is -0.182. The van der Waals surface area contributed by atoms with Gasteiger partial charge < -0.3 is 5.32 Å². The van der Waals surface area contributed by atoms with Crippen LogP contribution in [0, 0.1) is 5.92 Å². The van der Waals surface area contributed by atoms with Crippen LogP contribution >= 0.6 is 27.3 Å². The largest absolute Gasteiger partial charge is 0.391 e. The topological polar surface area (TPSA) is 12.0 Å². The van der Waals surface area contributed by atoms with Crippen molar-refractivity contribution in [3.05, 3.63) is 20.8 Å². The average molecular weight is 342 g/mol. The third-order valence-corrected chi connectivity index (χ3v) is 5.36. The first-order valence-corrected chi connectivity index (χ1v) is 7.66. The maximum atomic E-state index is 12.5. The van der Waals surface area contributed by atoms with E-state index in [2.05, 4.69) is 21.2 Å². The average Bonchev–Trinajstić information content (AvgIpc) is 2.72. The van der Waals surface area contributed by atoms with E-state index < -0.39 is 12.1 Å². The SMILES string of the molecule is FC(F)(F)C1CCC(NCc2sccc2Br)CC1. The van der Waals surface area contributed by atoms with Crippen molar-refractivity contribution in [3.8, 4) is 0 Å². The predicted molar refractivity (Wildman–Crippen MR) is 70.7 cm³/mol. The highest BCUT2D eigenvalue weighted by Gasteiger charge is 2.41. The second kappa shape index (κ2) is 5.92. The van der Waals surface area contributed by atoms with Crippen molar-refractivity contribution in [3.63, 3.8) is 0 Å². The number of alkyl halides is 3. The Bertz CT molecular complexity index is 383. The Kier molecular flexibility index (Phi) is 4.72. The van der Waals surface area contributed by atoms with Gasteiger partial charge in [0.05, 0.1) is 5.92 Å². The molecule has 1 saturated carbocycles. The minimum absolute atomic E-state index is 0.220. The summed E-state index contributed by atoms with van der Waals surface area (Å²) in [5.74, 6) is -1.09. The molecule has 0 atom stereocenters. The first-order valence-electron chi connectivity index (χ1n) is 5.99. The van der Waals surface area contributed by atoms with Crippen molar-refractivity contribution in [2.45, 2.75) is 44.4 Å². The lowest BCUT2D eigenvalue weighted by Gasteiger charge is -2.30. The summed E-state index contributed by atoms with van der Waals surface area (Å²) in [6, 6.07) is 2.21. The van der Waals surface area contributed by atoms with E-state index in [-0.39, 0.29) is 18.9 Å². The molecule has 6 heteroatoms. The van der Waals surface area contributed by atoms with Crippen LogP contribution in [0.4, 0.5) is 13.2 Å². The Morgan fingerprint density at radius 3 is 2.44 bits per heavy atom. The van der Waals surface area contributed by atoms with E-state index in [1.165, 1.54) is 4.88 Å². The molecular formula is C12H15BrF3NS. The highest BCUT2D eigenvalue weighted by Crippen LogP contribution is 2.37. The van der Waals surface area contributed by atoms with Crippen LogP contribution in [0.15, 0.2) is 15.9 Å². The van der Waals surface area contributed by atoms with Gasteiger partial charge in [0.1, 0.15) is 0 Å². The molecule has 0 aliphatic heterocycles. The van der Waals surface area contributed by atoms with Gasteiger partial charge in [-0.15, -0.1) is 11.3 Å². The summed E-state index contributed by atoms with van der Waals surface area (Å²) in [5, 5.41) is 5.35. The van der Waals surface area contributed by atoms with E-state index in [4.69, 9.17) is 0 Å². The quantitative estimate of drug-likeness (QED) is 0.838. The molecule has 0 bridgehead atoms. The van der Waals surface area contributed by atoms with Crippen molar-refractivity contribution in [1.29, 1.82) is 0 Å². The summed E-state index contributed by atoms with van der Waals surface area (Å²) in [7, 11) is 0. The third kappa shape index (κ3) is 3.71. The van der Waals surface area contributed by atoms with Crippen LogP contribution in [0.2, 0.25) is 0 Å². The summed E-state index contributed by atoms with van der Waals surface area (Å²) in [4.78, 5) is 1.20. The van der Waals surface area contributed by atoms with Crippen molar-refractivity contribution in [1.82, 2.24) is 5.32 Å². The van der Waals surface area contributed by atoms with Gasteiger partial charge in [-0.05, 0) is 53.1 Å². The Hall–Kier alpha value is -0.0700. The molecule has 1 heterocycles. The Morgan fingerprint density at radius 2 is 1.94 bits per heavy atom. The monoisotopic (exact) mass is 341 g/mol. The lowest BCUT2D eigenvalue weighted by Crippen LogP contribution is -2.36. The Labute approximate surface area is 117 Å². The second-order valence-corrected chi connectivity index (χ2v) is 6.52. The number of thiophene rings is 1. The molecule has 0 saturated heterocycles. The fourth-order valence-electron chi connectivity index (χ4n) is 2.31. The zero-order chi connectivity index (χ0) is 13.2. The molecule has 0 radical (unpaired) electrons. The summed E-state index contributed by atoms with van der Waals surface area (Å²) >= 11 is 5.10. The van der Waals surface area contributed by atoms with E-state index in [1.54, 1.807) is 11.3 Å². The molecule has 0 amide bonds. The van der Waals surface area contributed by atoms with Gasteiger partial charge >= 0.3 is 6.18 Å². The number of halogens is 4. The lowest BCUT2D eigenvalue weighted by atomic mass is 9.85. The molecule has 0 aromatic carbocycles. The molecule has 1 aromatic rings. The van der Waals surface area contributed by atoms with E-state index in [0.29, 0.717) is 12.8 Å². The molecule has 1 aliphatic rings. The fraction of sp³-hybridized carbons (Fsp3) is 0.667. The van der Waals surface area contributed by atoms with Crippen LogP contribution in [-0.4, -0.2) is 12.2 Å². The van der Waals surface area contributed by atoms with Crippen LogP contribution < -0.4 is 5.32 Å². The van der Waals surface area contributed by atoms with Gasteiger partial charge in [0.15, 0.2) is 0 Å². The van der Waals surface area contributed by atoms with Crippen LogP contribution in [0.3, 0.4) is 0 Å². The number of rotatable bonds is 3. The number of nitrogens with one attached hydrogen (secondary N) is 1. The Morgan fingerprint density at radius 1 is 1.28 bits per heavy atom.